The standard InChI is InChI=1S/C17H13N7S/c1-23-9-11(8-19-23)13-4-5-14-17(20-13)24(22-21-14)10-12-7-15-16(25-12)3-2-6-18-15/h2-9H,10H2,1H3/p+1. The van der Waals surface area contributed by atoms with Crippen molar-refractivity contribution in [3.8, 4) is 11.3 Å². The highest BCUT2D eigenvalue weighted by Crippen LogP contribution is 2.23. The Bertz CT molecular complexity index is 1170. The number of nitrogens with zero attached hydrogens (tertiary/aromatic N) is 6. The van der Waals surface area contributed by atoms with Crippen LogP contribution >= 0.6 is 11.3 Å². The van der Waals surface area contributed by atoms with Crippen LogP contribution < -0.4 is 4.68 Å². The van der Waals surface area contributed by atoms with Crippen LogP contribution in [-0.2, 0) is 13.6 Å². The number of rotatable bonds is 3. The largest absolute Gasteiger partial charge is 0.325 e. The van der Waals surface area contributed by atoms with E-state index >= 15 is 0 Å². The molecule has 0 saturated heterocycles. The molecule has 7 nitrogen and oxygen atoms in total. The average Bonchev–Trinajstić information content (AvgIpc) is 3.33. The van der Waals surface area contributed by atoms with E-state index in [1.807, 2.05) is 48.5 Å². The van der Waals surface area contributed by atoms with Crippen LogP contribution in [0.5, 0.6) is 0 Å². The van der Waals surface area contributed by atoms with E-state index in [-0.39, 0.29) is 0 Å². The van der Waals surface area contributed by atoms with Crippen LogP contribution in [0.1, 0.15) is 4.88 Å². The van der Waals surface area contributed by atoms with Crippen LogP contribution in [0.4, 0.5) is 0 Å². The third-order valence-corrected chi connectivity index (χ3v) is 5.13. The Hall–Kier alpha value is -3.13. The predicted molar refractivity (Wildman–Crippen MR) is 95.0 cm³/mol. The summed E-state index contributed by atoms with van der Waals surface area (Å²) in [6.07, 6.45) is 5.59. The van der Waals surface area contributed by atoms with E-state index in [4.69, 9.17) is 4.98 Å². The zero-order chi connectivity index (χ0) is 16.8. The van der Waals surface area contributed by atoms with Gasteiger partial charge in [0.25, 0.3) is 0 Å². The molecule has 0 unspecified atom stereocenters. The summed E-state index contributed by atoms with van der Waals surface area (Å²) < 4.78 is 4.92. The van der Waals surface area contributed by atoms with Crippen LogP contribution in [0.15, 0.2) is 48.9 Å². The SMILES string of the molecule is Cn1cc(-c2ccc3n[nH][n+](Cc4cc5ncccc5s4)c3n2)cn1. The van der Waals surface area contributed by atoms with Gasteiger partial charge >= 0.3 is 5.65 Å². The fraction of sp³-hybridized carbons (Fsp3) is 0.118. The number of fused-ring (bicyclic) bond motifs is 2. The molecule has 8 heteroatoms. The summed E-state index contributed by atoms with van der Waals surface area (Å²) >= 11 is 1.74. The Morgan fingerprint density at radius 2 is 2.20 bits per heavy atom. The zero-order valence-electron chi connectivity index (χ0n) is 13.4. The summed E-state index contributed by atoms with van der Waals surface area (Å²) in [4.78, 5) is 10.4. The molecule has 0 amide bonds. The van der Waals surface area contributed by atoms with Crippen molar-refractivity contribution in [2.45, 2.75) is 6.54 Å². The Kier molecular flexibility index (Phi) is 3.10. The molecule has 122 valence electrons. The third kappa shape index (κ3) is 2.47. The molecule has 5 heterocycles. The van der Waals surface area contributed by atoms with Crippen molar-refractivity contribution in [1.29, 1.82) is 0 Å². The molecule has 0 aliphatic heterocycles. The number of aromatic amines is 1. The van der Waals surface area contributed by atoms with Crippen molar-refractivity contribution in [1.82, 2.24) is 30.1 Å². The highest BCUT2D eigenvalue weighted by Gasteiger charge is 2.18. The Balaban J connectivity index is 1.56. The van der Waals surface area contributed by atoms with Gasteiger partial charge < -0.3 is 0 Å². The van der Waals surface area contributed by atoms with Gasteiger partial charge in [-0.2, -0.15) is 9.78 Å². The lowest BCUT2D eigenvalue weighted by atomic mass is 10.2. The Morgan fingerprint density at radius 1 is 1.24 bits per heavy atom. The maximum absolute atomic E-state index is 4.77. The minimum absolute atomic E-state index is 0.682. The monoisotopic (exact) mass is 348 g/mol. The molecule has 1 N–H and O–H groups in total. The van der Waals surface area contributed by atoms with Crippen LogP contribution in [-0.4, -0.2) is 30.1 Å². The van der Waals surface area contributed by atoms with Crippen molar-refractivity contribution in [3.05, 3.63) is 53.8 Å². The highest BCUT2D eigenvalue weighted by molar-refractivity contribution is 7.18. The summed E-state index contributed by atoms with van der Waals surface area (Å²) in [7, 11) is 1.90. The van der Waals surface area contributed by atoms with Crippen LogP contribution in [0.2, 0.25) is 0 Å². The zero-order valence-corrected chi connectivity index (χ0v) is 14.2. The molecule has 0 spiro atoms. The minimum Gasteiger partial charge on any atom is -0.275 e. The molecule has 0 atom stereocenters. The molecule has 5 aromatic heterocycles. The first kappa shape index (κ1) is 14.2. The van der Waals surface area contributed by atoms with E-state index in [2.05, 4.69) is 32.5 Å². The molecule has 5 rings (SSSR count). The van der Waals surface area contributed by atoms with Gasteiger partial charge in [-0.15, -0.1) is 16.6 Å². The van der Waals surface area contributed by atoms with Gasteiger partial charge in [-0.1, -0.05) is 4.98 Å². The summed E-state index contributed by atoms with van der Waals surface area (Å²) in [5.74, 6) is 0. The molecule has 0 fully saturated rings. The highest BCUT2D eigenvalue weighted by atomic mass is 32.1. The molecular formula is C17H14N7S+. The third-order valence-electron chi connectivity index (χ3n) is 4.05. The van der Waals surface area contributed by atoms with Gasteiger partial charge in [0.2, 0.25) is 5.52 Å². The van der Waals surface area contributed by atoms with Gasteiger partial charge in [0.15, 0.2) is 0 Å². The number of thiophene rings is 1. The smallest absolute Gasteiger partial charge is 0.275 e. The number of aromatic nitrogens is 7. The first-order valence-corrected chi connectivity index (χ1v) is 8.65. The molecule has 0 saturated carbocycles. The van der Waals surface area contributed by atoms with Gasteiger partial charge in [0.05, 0.1) is 22.0 Å². The number of H-pyrrole nitrogens is 1. The van der Waals surface area contributed by atoms with Crippen molar-refractivity contribution in [2.24, 2.45) is 7.05 Å². The van der Waals surface area contributed by atoms with Gasteiger partial charge in [0, 0.05) is 24.3 Å². The topological polar surface area (TPSA) is 76.2 Å². The summed E-state index contributed by atoms with van der Waals surface area (Å²) in [6, 6.07) is 10.1. The van der Waals surface area contributed by atoms with E-state index in [9.17, 15) is 0 Å². The number of aryl methyl sites for hydroxylation is 1. The Morgan fingerprint density at radius 3 is 3.04 bits per heavy atom. The van der Waals surface area contributed by atoms with E-state index in [1.165, 1.54) is 9.58 Å². The fourth-order valence-electron chi connectivity index (χ4n) is 2.87. The predicted octanol–water partition coefficient (Wildman–Crippen LogP) is 2.30. The minimum atomic E-state index is 0.682. The van der Waals surface area contributed by atoms with Gasteiger partial charge in [-0.25, -0.2) is 0 Å². The van der Waals surface area contributed by atoms with Gasteiger partial charge in [-0.05, 0) is 35.4 Å². The number of pyridine rings is 2. The lowest BCUT2D eigenvalue weighted by molar-refractivity contribution is -0.723. The molecule has 0 radical (unpaired) electrons. The van der Waals surface area contributed by atoms with Crippen molar-refractivity contribution in [2.75, 3.05) is 0 Å². The number of hydrogen-bond acceptors (Lipinski definition) is 5. The van der Waals surface area contributed by atoms with Crippen molar-refractivity contribution >= 4 is 32.7 Å². The van der Waals surface area contributed by atoms with E-state index in [0.29, 0.717) is 6.54 Å². The number of nitrogens with one attached hydrogen (secondary N) is 1. The van der Waals surface area contributed by atoms with E-state index < -0.39 is 0 Å². The van der Waals surface area contributed by atoms with Gasteiger partial charge in [-0.3, -0.25) is 9.67 Å². The second kappa shape index (κ2) is 5.45. The lowest BCUT2D eigenvalue weighted by Crippen LogP contribution is -2.37. The second-order valence-electron chi connectivity index (χ2n) is 5.84. The second-order valence-corrected chi connectivity index (χ2v) is 7.01. The van der Waals surface area contributed by atoms with Crippen LogP contribution in [0, 0.1) is 0 Å². The van der Waals surface area contributed by atoms with Crippen LogP contribution in [0.3, 0.4) is 0 Å². The fourth-order valence-corrected chi connectivity index (χ4v) is 3.88. The summed E-state index contributed by atoms with van der Waals surface area (Å²) in [6.45, 7) is 0.682. The quantitative estimate of drug-likeness (QED) is 0.508. The maximum atomic E-state index is 4.77. The lowest BCUT2D eigenvalue weighted by Gasteiger charge is -1.95. The molecule has 0 aliphatic rings. The van der Waals surface area contributed by atoms with E-state index in [0.717, 1.165) is 27.9 Å². The molecule has 0 aromatic carbocycles. The molecular weight excluding hydrogens is 334 g/mol. The first-order valence-electron chi connectivity index (χ1n) is 7.84. The van der Waals surface area contributed by atoms with Crippen molar-refractivity contribution < 1.29 is 4.68 Å². The molecule has 5 aromatic rings. The van der Waals surface area contributed by atoms with Gasteiger partial charge in [0.1, 0.15) is 12.2 Å². The molecule has 0 bridgehead atoms. The van der Waals surface area contributed by atoms with Crippen molar-refractivity contribution in [3.63, 3.8) is 0 Å². The average molecular weight is 348 g/mol. The Labute approximate surface area is 146 Å². The normalized spacial score (nSPS) is 11.6. The number of hydrogen-bond donors (Lipinski definition) is 1. The maximum Gasteiger partial charge on any atom is 0.325 e. The molecule has 25 heavy (non-hydrogen) atoms. The van der Waals surface area contributed by atoms with E-state index in [1.54, 1.807) is 16.0 Å². The summed E-state index contributed by atoms with van der Waals surface area (Å²) in [5.41, 5.74) is 4.56. The summed E-state index contributed by atoms with van der Waals surface area (Å²) in [5, 5.41) is 11.6. The van der Waals surface area contributed by atoms with Crippen LogP contribution in [0.25, 0.3) is 32.6 Å². The molecule has 0 aliphatic carbocycles. The first-order chi connectivity index (χ1) is 12.3.